The van der Waals surface area contributed by atoms with Gasteiger partial charge in [-0.25, -0.2) is 9.98 Å². The van der Waals surface area contributed by atoms with Crippen LogP contribution in [0.4, 0.5) is 11.5 Å². The highest BCUT2D eigenvalue weighted by Crippen LogP contribution is 2.14. The molecule has 3 N–H and O–H groups in total. The lowest BCUT2D eigenvalue weighted by atomic mass is 10.2. The first-order chi connectivity index (χ1) is 12.6. The van der Waals surface area contributed by atoms with Gasteiger partial charge in [0.2, 0.25) is 0 Å². The van der Waals surface area contributed by atoms with E-state index in [-0.39, 0.29) is 24.0 Å². The maximum absolute atomic E-state index is 5.97. The number of aryl methyl sites for hydroxylation is 1. The molecule has 0 amide bonds. The molecule has 3 rings (SSSR count). The van der Waals surface area contributed by atoms with Gasteiger partial charge in [0.25, 0.3) is 0 Å². The zero-order chi connectivity index (χ0) is 18.4. The van der Waals surface area contributed by atoms with E-state index in [9.17, 15) is 0 Å². The molecule has 1 saturated heterocycles. The number of aliphatic imine (C=N–C) groups is 1. The summed E-state index contributed by atoms with van der Waals surface area (Å²) in [5.74, 6) is 1.45. The Morgan fingerprint density at radius 3 is 2.41 bits per heavy atom. The normalized spacial score (nSPS) is 15.3. The largest absolute Gasteiger partial charge is 0.370 e. The molecule has 2 aromatic rings. The summed E-state index contributed by atoms with van der Waals surface area (Å²) in [5, 5.41) is 3.11. The van der Waals surface area contributed by atoms with Crippen molar-refractivity contribution in [2.75, 3.05) is 42.9 Å². The second-order valence-electron chi connectivity index (χ2n) is 6.64. The Labute approximate surface area is 178 Å². The van der Waals surface area contributed by atoms with Crippen molar-refractivity contribution in [3.8, 4) is 0 Å². The summed E-state index contributed by atoms with van der Waals surface area (Å²) in [4.78, 5) is 13.8. The fourth-order valence-corrected chi connectivity index (χ4v) is 2.99. The smallest absolute Gasteiger partial charge is 0.193 e. The number of rotatable bonds is 5. The van der Waals surface area contributed by atoms with Gasteiger partial charge in [-0.2, -0.15) is 0 Å². The van der Waals surface area contributed by atoms with Gasteiger partial charge in [-0.3, -0.25) is 0 Å². The van der Waals surface area contributed by atoms with Gasteiger partial charge in [-0.05, 0) is 37.2 Å². The Balaban J connectivity index is 0.00000261. The Bertz CT molecular complexity index is 721. The van der Waals surface area contributed by atoms with E-state index in [1.54, 1.807) is 0 Å². The number of nitrogens with one attached hydrogen (secondary N) is 1. The molecular weight excluding hydrogens is 451 g/mol. The van der Waals surface area contributed by atoms with Crippen LogP contribution in [-0.4, -0.2) is 48.6 Å². The highest BCUT2D eigenvalue weighted by molar-refractivity contribution is 14.0. The Morgan fingerprint density at radius 1 is 1.11 bits per heavy atom. The second-order valence-corrected chi connectivity index (χ2v) is 6.64. The van der Waals surface area contributed by atoms with E-state index >= 15 is 0 Å². The van der Waals surface area contributed by atoms with Crippen LogP contribution < -0.4 is 16.0 Å². The van der Waals surface area contributed by atoms with Crippen LogP contribution >= 0.6 is 24.0 Å². The summed E-state index contributed by atoms with van der Waals surface area (Å²) in [6, 6.07) is 12.2. The van der Waals surface area contributed by atoms with Gasteiger partial charge in [0.15, 0.2) is 5.96 Å². The third-order valence-electron chi connectivity index (χ3n) is 4.71. The number of nitrogens with two attached hydrogens (primary N) is 1. The van der Waals surface area contributed by atoms with Crippen molar-refractivity contribution in [1.29, 1.82) is 0 Å². The lowest BCUT2D eigenvalue weighted by Crippen LogP contribution is -2.46. The van der Waals surface area contributed by atoms with Crippen LogP contribution in [0, 0.1) is 6.92 Å². The predicted molar refractivity (Wildman–Crippen MR) is 124 cm³/mol. The van der Waals surface area contributed by atoms with Crippen molar-refractivity contribution in [2.24, 2.45) is 10.7 Å². The third kappa shape index (κ3) is 6.35. The van der Waals surface area contributed by atoms with Crippen LogP contribution in [0.15, 0.2) is 47.6 Å². The maximum Gasteiger partial charge on any atom is 0.193 e. The number of hydrogen-bond donors (Lipinski definition) is 2. The zero-order valence-electron chi connectivity index (χ0n) is 16.1. The number of hydrogen-bond acceptors (Lipinski definition) is 4. The van der Waals surface area contributed by atoms with Crippen molar-refractivity contribution in [2.45, 2.75) is 20.4 Å². The van der Waals surface area contributed by atoms with Gasteiger partial charge < -0.3 is 20.9 Å². The highest BCUT2D eigenvalue weighted by Gasteiger charge is 2.16. The zero-order valence-corrected chi connectivity index (χ0v) is 18.4. The van der Waals surface area contributed by atoms with E-state index < -0.39 is 0 Å². The molecule has 0 bridgehead atoms. The molecule has 0 radical (unpaired) electrons. The summed E-state index contributed by atoms with van der Waals surface area (Å²) in [6.07, 6.45) is 1.89. The second kappa shape index (κ2) is 10.5. The van der Waals surface area contributed by atoms with Gasteiger partial charge >= 0.3 is 0 Å². The number of anilines is 2. The van der Waals surface area contributed by atoms with E-state index in [4.69, 9.17) is 5.73 Å². The third-order valence-corrected chi connectivity index (χ3v) is 4.71. The first-order valence-electron chi connectivity index (χ1n) is 9.20. The summed E-state index contributed by atoms with van der Waals surface area (Å²) in [6.45, 7) is 10.2. The van der Waals surface area contributed by atoms with E-state index in [2.05, 4.69) is 51.1 Å². The molecule has 0 aliphatic carbocycles. The number of pyridine rings is 1. The molecule has 1 aliphatic rings. The first kappa shape index (κ1) is 21.4. The summed E-state index contributed by atoms with van der Waals surface area (Å²) in [7, 11) is 0. The van der Waals surface area contributed by atoms with E-state index in [1.165, 1.54) is 5.56 Å². The van der Waals surface area contributed by atoms with Crippen molar-refractivity contribution in [3.05, 3.63) is 53.7 Å². The molecule has 1 fully saturated rings. The Kier molecular flexibility index (Phi) is 8.30. The molecule has 1 aromatic heterocycles. The number of aromatic nitrogens is 1. The van der Waals surface area contributed by atoms with Crippen LogP contribution in [0.2, 0.25) is 0 Å². The minimum Gasteiger partial charge on any atom is -0.370 e. The van der Waals surface area contributed by atoms with Crippen LogP contribution in [0.1, 0.15) is 18.1 Å². The highest BCUT2D eigenvalue weighted by atomic mass is 127. The number of benzene rings is 1. The van der Waals surface area contributed by atoms with E-state index in [1.807, 2.05) is 30.5 Å². The molecule has 7 heteroatoms. The average Bonchev–Trinajstić information content (AvgIpc) is 2.69. The lowest BCUT2D eigenvalue weighted by molar-refractivity contribution is 0.270. The molecule has 27 heavy (non-hydrogen) atoms. The first-order valence-corrected chi connectivity index (χ1v) is 9.20. The summed E-state index contributed by atoms with van der Waals surface area (Å²) >= 11 is 0. The van der Waals surface area contributed by atoms with Gasteiger partial charge in [0, 0.05) is 38.1 Å². The van der Waals surface area contributed by atoms with Crippen molar-refractivity contribution < 1.29 is 0 Å². The summed E-state index contributed by atoms with van der Waals surface area (Å²) < 4.78 is 0. The molecule has 0 atom stereocenters. The van der Waals surface area contributed by atoms with Gasteiger partial charge in [-0.15, -0.1) is 24.0 Å². The Morgan fingerprint density at radius 2 is 1.81 bits per heavy atom. The molecule has 6 nitrogen and oxygen atoms in total. The number of likely N-dealkylation sites (N-methyl/N-ethyl adjacent to an activating group) is 1. The number of piperazine rings is 1. The number of guanidine groups is 1. The minimum absolute atomic E-state index is 0. The maximum atomic E-state index is 5.97. The quantitative estimate of drug-likeness (QED) is 0.391. The lowest BCUT2D eigenvalue weighted by Gasteiger charge is -2.34. The van der Waals surface area contributed by atoms with Crippen LogP contribution in [0.25, 0.3) is 0 Å². The van der Waals surface area contributed by atoms with Crippen LogP contribution in [-0.2, 0) is 6.54 Å². The molecule has 146 valence electrons. The molecule has 0 spiro atoms. The molecule has 2 heterocycles. The number of halogens is 1. The molecule has 1 aliphatic heterocycles. The van der Waals surface area contributed by atoms with Crippen molar-refractivity contribution in [1.82, 2.24) is 9.88 Å². The van der Waals surface area contributed by atoms with Crippen LogP contribution in [0.3, 0.4) is 0 Å². The standard InChI is InChI=1S/C20H28N6.HI/c1-3-25-10-12-26(13-11-25)19-9-6-17(14-22-19)15-23-20(21)24-18-7-4-16(2)5-8-18;/h4-9,14H,3,10-13,15H2,1-2H3,(H3,21,23,24);1H. The Hall–Kier alpha value is -1.87. The number of nitrogens with zero attached hydrogens (tertiary/aromatic N) is 4. The topological polar surface area (TPSA) is 69.8 Å². The minimum atomic E-state index is 0. The van der Waals surface area contributed by atoms with E-state index in [0.29, 0.717) is 12.5 Å². The fraction of sp³-hybridized carbons (Fsp3) is 0.400. The molecular formula is C20H29IN6. The molecule has 0 saturated carbocycles. The van der Waals surface area contributed by atoms with Gasteiger partial charge in [-0.1, -0.05) is 30.7 Å². The van der Waals surface area contributed by atoms with Gasteiger partial charge in [0.05, 0.1) is 6.54 Å². The van der Waals surface area contributed by atoms with Gasteiger partial charge in [0.1, 0.15) is 5.82 Å². The summed E-state index contributed by atoms with van der Waals surface area (Å²) in [5.41, 5.74) is 9.18. The monoisotopic (exact) mass is 480 g/mol. The van der Waals surface area contributed by atoms with Crippen molar-refractivity contribution >= 4 is 41.4 Å². The molecule has 0 unspecified atom stereocenters. The SMILES string of the molecule is CCN1CCN(c2ccc(CN=C(N)Nc3ccc(C)cc3)cn2)CC1.I. The van der Waals surface area contributed by atoms with Crippen LogP contribution in [0.5, 0.6) is 0 Å². The average molecular weight is 480 g/mol. The fourth-order valence-electron chi connectivity index (χ4n) is 2.99. The predicted octanol–water partition coefficient (Wildman–Crippen LogP) is 3.08. The molecule has 1 aromatic carbocycles. The van der Waals surface area contributed by atoms with Crippen molar-refractivity contribution in [3.63, 3.8) is 0 Å². The van der Waals surface area contributed by atoms with E-state index in [0.717, 1.165) is 49.8 Å².